The van der Waals surface area contributed by atoms with Crippen LogP contribution >= 0.6 is 0 Å². The first-order chi connectivity index (χ1) is 10.1. The van der Waals surface area contributed by atoms with Crippen molar-refractivity contribution in [2.24, 2.45) is 5.92 Å². The fourth-order valence-electron chi connectivity index (χ4n) is 1.77. The van der Waals surface area contributed by atoms with E-state index in [4.69, 9.17) is 0 Å². The van der Waals surface area contributed by atoms with Gasteiger partial charge in [-0.25, -0.2) is 8.42 Å². The van der Waals surface area contributed by atoms with E-state index in [0.717, 1.165) is 6.26 Å². The summed E-state index contributed by atoms with van der Waals surface area (Å²) in [5.74, 6) is -1.56. The first-order valence-corrected chi connectivity index (χ1v) is 8.93. The second-order valence-corrected chi connectivity index (χ2v) is 7.81. The van der Waals surface area contributed by atoms with E-state index < -0.39 is 33.0 Å². The molecule has 0 aliphatic heterocycles. The van der Waals surface area contributed by atoms with Crippen molar-refractivity contribution < 1.29 is 18.0 Å². The standard InChI is InChI=1S/C15H22N2O4S/c1-10(12(3)22(4,20)21)14(18)16-11(2)15(19)17-13-8-6-5-7-9-13/h5-12H,1-4H3,(H,16,18)(H,17,19)/t10-,11+,12+/m1/s1. The van der Waals surface area contributed by atoms with Crippen molar-refractivity contribution >= 4 is 27.3 Å². The highest BCUT2D eigenvalue weighted by Crippen LogP contribution is 2.12. The lowest BCUT2D eigenvalue weighted by molar-refractivity contribution is -0.128. The van der Waals surface area contributed by atoms with Gasteiger partial charge < -0.3 is 10.6 Å². The molecule has 0 saturated heterocycles. The van der Waals surface area contributed by atoms with Crippen molar-refractivity contribution in [3.8, 4) is 0 Å². The zero-order valence-electron chi connectivity index (χ0n) is 13.2. The molecule has 0 aliphatic carbocycles. The summed E-state index contributed by atoms with van der Waals surface area (Å²) in [4.78, 5) is 24.0. The first-order valence-electron chi connectivity index (χ1n) is 6.98. The molecule has 7 heteroatoms. The van der Waals surface area contributed by atoms with Crippen LogP contribution in [0.25, 0.3) is 0 Å². The number of benzene rings is 1. The number of hydrogen-bond acceptors (Lipinski definition) is 4. The van der Waals surface area contributed by atoms with Crippen LogP contribution in [-0.4, -0.2) is 37.8 Å². The van der Waals surface area contributed by atoms with Crippen LogP contribution in [0.4, 0.5) is 5.69 Å². The second-order valence-electron chi connectivity index (χ2n) is 5.41. The molecule has 2 amide bonds. The van der Waals surface area contributed by atoms with Crippen molar-refractivity contribution in [2.75, 3.05) is 11.6 Å². The Kier molecular flexibility index (Phi) is 6.11. The zero-order valence-corrected chi connectivity index (χ0v) is 14.0. The molecule has 0 aromatic heterocycles. The van der Waals surface area contributed by atoms with Crippen molar-refractivity contribution in [1.29, 1.82) is 0 Å². The summed E-state index contributed by atoms with van der Waals surface area (Å²) < 4.78 is 23.0. The van der Waals surface area contributed by atoms with E-state index in [9.17, 15) is 18.0 Å². The van der Waals surface area contributed by atoms with Gasteiger partial charge in [0.2, 0.25) is 11.8 Å². The van der Waals surface area contributed by atoms with Crippen LogP contribution in [0, 0.1) is 5.92 Å². The van der Waals surface area contributed by atoms with Gasteiger partial charge in [0.1, 0.15) is 6.04 Å². The Balaban J connectivity index is 2.62. The highest BCUT2D eigenvalue weighted by Gasteiger charge is 2.29. The Labute approximate surface area is 131 Å². The number of carbonyl (C=O) groups is 2. The Morgan fingerprint density at radius 2 is 1.55 bits per heavy atom. The minimum atomic E-state index is -3.31. The van der Waals surface area contributed by atoms with E-state index in [1.807, 2.05) is 6.07 Å². The minimum absolute atomic E-state index is 0.362. The maximum absolute atomic E-state index is 12.0. The summed E-state index contributed by atoms with van der Waals surface area (Å²) in [6.45, 7) is 4.56. The summed E-state index contributed by atoms with van der Waals surface area (Å²) in [5, 5.41) is 4.40. The number of sulfone groups is 1. The van der Waals surface area contributed by atoms with Crippen LogP contribution in [0.1, 0.15) is 20.8 Å². The van der Waals surface area contributed by atoms with Crippen LogP contribution in [-0.2, 0) is 19.4 Å². The predicted octanol–water partition coefficient (Wildman–Crippen LogP) is 1.20. The molecule has 0 aliphatic rings. The molecular weight excluding hydrogens is 304 g/mol. The summed E-state index contributed by atoms with van der Waals surface area (Å²) in [7, 11) is -3.31. The van der Waals surface area contributed by atoms with Crippen LogP contribution in [0.2, 0.25) is 0 Å². The quantitative estimate of drug-likeness (QED) is 0.821. The first kappa shape index (κ1) is 18.2. The monoisotopic (exact) mass is 326 g/mol. The number of amides is 2. The molecule has 0 unspecified atom stereocenters. The Bertz CT molecular complexity index is 628. The molecule has 22 heavy (non-hydrogen) atoms. The number of anilines is 1. The number of carbonyl (C=O) groups excluding carboxylic acids is 2. The summed E-state index contributed by atoms with van der Waals surface area (Å²) in [6.07, 6.45) is 1.09. The van der Waals surface area contributed by atoms with Crippen LogP contribution in [0.3, 0.4) is 0 Å². The van der Waals surface area contributed by atoms with E-state index >= 15 is 0 Å². The van der Waals surface area contributed by atoms with Gasteiger partial charge in [-0.2, -0.15) is 0 Å². The van der Waals surface area contributed by atoms with Gasteiger partial charge in [-0.1, -0.05) is 25.1 Å². The summed E-state index contributed by atoms with van der Waals surface area (Å²) in [6, 6.07) is 8.11. The molecule has 1 aromatic rings. The predicted molar refractivity (Wildman–Crippen MR) is 86.1 cm³/mol. The van der Waals surface area contributed by atoms with Crippen LogP contribution in [0.15, 0.2) is 30.3 Å². The third-order valence-corrected chi connectivity index (χ3v) is 5.35. The van der Waals surface area contributed by atoms with Crippen LogP contribution < -0.4 is 10.6 Å². The van der Waals surface area contributed by atoms with E-state index in [0.29, 0.717) is 5.69 Å². The highest BCUT2D eigenvalue weighted by molar-refractivity contribution is 7.91. The molecule has 122 valence electrons. The minimum Gasteiger partial charge on any atom is -0.344 e. The van der Waals surface area contributed by atoms with Crippen molar-refractivity contribution in [3.05, 3.63) is 30.3 Å². The molecular formula is C15H22N2O4S. The zero-order chi connectivity index (χ0) is 16.9. The maximum atomic E-state index is 12.0. The molecule has 1 rings (SSSR count). The molecule has 3 atom stereocenters. The number of rotatable bonds is 6. The molecule has 0 spiro atoms. The van der Waals surface area contributed by atoms with Crippen LogP contribution in [0.5, 0.6) is 0 Å². The van der Waals surface area contributed by atoms with E-state index in [2.05, 4.69) is 10.6 Å². The third-order valence-electron chi connectivity index (χ3n) is 3.59. The second kappa shape index (κ2) is 7.40. The average Bonchev–Trinajstić information content (AvgIpc) is 2.45. The molecule has 0 heterocycles. The Hall–Kier alpha value is -1.89. The highest BCUT2D eigenvalue weighted by atomic mass is 32.2. The van der Waals surface area contributed by atoms with Gasteiger partial charge in [-0.3, -0.25) is 9.59 Å². The van der Waals surface area contributed by atoms with Gasteiger partial charge in [0.15, 0.2) is 9.84 Å². The lowest BCUT2D eigenvalue weighted by Crippen LogP contribution is -2.46. The summed E-state index contributed by atoms with van der Waals surface area (Å²) >= 11 is 0. The number of para-hydroxylation sites is 1. The van der Waals surface area contributed by atoms with Gasteiger partial charge in [-0.15, -0.1) is 0 Å². The Morgan fingerprint density at radius 3 is 2.05 bits per heavy atom. The summed E-state index contributed by atoms with van der Waals surface area (Å²) in [5.41, 5.74) is 0.631. The number of nitrogens with one attached hydrogen (secondary N) is 2. The van der Waals surface area contributed by atoms with Gasteiger partial charge in [0, 0.05) is 11.9 Å². The lowest BCUT2D eigenvalue weighted by Gasteiger charge is -2.20. The van der Waals surface area contributed by atoms with Crippen molar-refractivity contribution in [1.82, 2.24) is 5.32 Å². The molecule has 1 aromatic carbocycles. The average molecular weight is 326 g/mol. The van der Waals surface area contributed by atoms with Crippen molar-refractivity contribution in [2.45, 2.75) is 32.1 Å². The fraction of sp³-hybridized carbons (Fsp3) is 0.467. The molecule has 0 saturated carbocycles. The van der Waals surface area contributed by atoms with E-state index in [1.54, 1.807) is 31.2 Å². The van der Waals surface area contributed by atoms with E-state index in [-0.39, 0.29) is 5.91 Å². The molecule has 0 bridgehead atoms. The smallest absolute Gasteiger partial charge is 0.246 e. The van der Waals surface area contributed by atoms with Gasteiger partial charge in [0.05, 0.1) is 11.2 Å². The maximum Gasteiger partial charge on any atom is 0.246 e. The third kappa shape index (κ3) is 5.14. The normalized spacial score (nSPS) is 15.5. The van der Waals surface area contributed by atoms with Gasteiger partial charge in [0.25, 0.3) is 0 Å². The fourth-order valence-corrected chi connectivity index (χ4v) is 2.63. The molecule has 2 N–H and O–H groups in total. The SMILES string of the molecule is C[C@H](NC(=O)[C@H](C)[C@H](C)S(C)(=O)=O)C(=O)Nc1ccccc1. The van der Waals surface area contributed by atoms with Gasteiger partial charge >= 0.3 is 0 Å². The molecule has 6 nitrogen and oxygen atoms in total. The van der Waals surface area contributed by atoms with Gasteiger partial charge in [-0.05, 0) is 26.0 Å². The topological polar surface area (TPSA) is 92.3 Å². The van der Waals surface area contributed by atoms with E-state index in [1.165, 1.54) is 13.8 Å². The Morgan fingerprint density at radius 1 is 1.00 bits per heavy atom. The van der Waals surface area contributed by atoms with Crippen molar-refractivity contribution in [3.63, 3.8) is 0 Å². The lowest BCUT2D eigenvalue weighted by atomic mass is 10.1. The molecule has 0 radical (unpaired) electrons. The largest absolute Gasteiger partial charge is 0.344 e. The molecule has 0 fully saturated rings. The number of hydrogen-bond donors (Lipinski definition) is 2.